The Kier molecular flexibility index (Phi) is 3.69. The fraction of sp³-hybridized carbons (Fsp3) is 0.214. The van der Waals surface area contributed by atoms with Crippen LogP contribution in [0.2, 0.25) is 10.0 Å². The molecule has 0 saturated heterocycles. The molecule has 3 rings (SSSR count). The normalized spacial score (nSPS) is 12.6. The molecule has 0 aliphatic carbocycles. The highest BCUT2D eigenvalue weighted by atomic mass is 35.5. The molecule has 2 aromatic heterocycles. The number of rotatable bonds is 3. The van der Waals surface area contributed by atoms with E-state index in [2.05, 4.69) is 20.4 Å². The standard InChI is InChI=1S/C14H13Cl2N5/c1-8(10-4-3-9(15)5-12(10)16)20-13-11-6-19-21(2)14(11)18-7-17-13/h3-8H,1-2H3,(H,17,18,20)/t8-/m0/s1. The highest BCUT2D eigenvalue weighted by molar-refractivity contribution is 6.35. The van der Waals surface area contributed by atoms with Crippen LogP contribution >= 0.6 is 23.2 Å². The fourth-order valence-electron chi connectivity index (χ4n) is 2.21. The largest absolute Gasteiger partial charge is 0.363 e. The van der Waals surface area contributed by atoms with Crippen LogP contribution in [0.5, 0.6) is 0 Å². The molecule has 2 heterocycles. The van der Waals surface area contributed by atoms with Crippen LogP contribution < -0.4 is 5.32 Å². The van der Waals surface area contributed by atoms with Gasteiger partial charge in [-0.1, -0.05) is 29.3 Å². The van der Waals surface area contributed by atoms with E-state index in [9.17, 15) is 0 Å². The summed E-state index contributed by atoms with van der Waals surface area (Å²) in [4.78, 5) is 8.50. The summed E-state index contributed by atoms with van der Waals surface area (Å²) in [6.07, 6.45) is 3.26. The predicted molar refractivity (Wildman–Crippen MR) is 84.8 cm³/mol. The fourth-order valence-corrected chi connectivity index (χ4v) is 2.78. The number of fused-ring (bicyclic) bond motifs is 1. The summed E-state index contributed by atoms with van der Waals surface area (Å²) < 4.78 is 1.71. The third-order valence-electron chi connectivity index (χ3n) is 3.31. The first-order valence-corrected chi connectivity index (χ1v) is 7.16. The van der Waals surface area contributed by atoms with E-state index in [-0.39, 0.29) is 6.04 Å². The SMILES string of the molecule is C[C@H](Nc1ncnc2c1cnn2C)c1ccc(Cl)cc1Cl. The van der Waals surface area contributed by atoms with Crippen molar-refractivity contribution in [3.8, 4) is 0 Å². The quantitative estimate of drug-likeness (QED) is 0.796. The van der Waals surface area contributed by atoms with Crippen molar-refractivity contribution in [2.45, 2.75) is 13.0 Å². The van der Waals surface area contributed by atoms with Crippen molar-refractivity contribution in [2.75, 3.05) is 5.32 Å². The number of nitrogens with one attached hydrogen (secondary N) is 1. The first-order valence-electron chi connectivity index (χ1n) is 6.40. The number of aromatic nitrogens is 4. The van der Waals surface area contributed by atoms with Crippen LogP contribution in [0.4, 0.5) is 5.82 Å². The van der Waals surface area contributed by atoms with E-state index in [1.807, 2.05) is 26.1 Å². The smallest absolute Gasteiger partial charge is 0.163 e. The van der Waals surface area contributed by atoms with Gasteiger partial charge in [-0.2, -0.15) is 5.10 Å². The number of nitrogens with zero attached hydrogens (tertiary/aromatic N) is 4. The van der Waals surface area contributed by atoms with E-state index in [1.54, 1.807) is 16.9 Å². The molecule has 0 fully saturated rings. The number of hydrogen-bond acceptors (Lipinski definition) is 4. The minimum absolute atomic E-state index is 0.0203. The highest BCUT2D eigenvalue weighted by Gasteiger charge is 2.14. The molecule has 0 amide bonds. The van der Waals surface area contributed by atoms with Gasteiger partial charge in [0.25, 0.3) is 0 Å². The second-order valence-corrected chi connectivity index (χ2v) is 5.60. The van der Waals surface area contributed by atoms with Gasteiger partial charge in [-0.25, -0.2) is 9.97 Å². The van der Waals surface area contributed by atoms with Gasteiger partial charge in [0.2, 0.25) is 0 Å². The summed E-state index contributed by atoms with van der Waals surface area (Å²) in [5, 5.41) is 9.65. The van der Waals surface area contributed by atoms with Crippen LogP contribution in [-0.4, -0.2) is 19.7 Å². The van der Waals surface area contributed by atoms with E-state index in [4.69, 9.17) is 23.2 Å². The molecule has 0 radical (unpaired) electrons. The van der Waals surface area contributed by atoms with Gasteiger partial charge in [0.05, 0.1) is 17.6 Å². The second kappa shape index (κ2) is 5.50. The molecule has 108 valence electrons. The van der Waals surface area contributed by atoms with Gasteiger partial charge in [-0.05, 0) is 24.6 Å². The first-order chi connectivity index (χ1) is 10.1. The lowest BCUT2D eigenvalue weighted by atomic mass is 10.1. The Hall–Kier alpha value is -1.85. The number of halogens is 2. The Bertz CT molecular complexity index is 799. The van der Waals surface area contributed by atoms with E-state index in [0.29, 0.717) is 10.0 Å². The Balaban J connectivity index is 1.94. The van der Waals surface area contributed by atoms with Crippen molar-refractivity contribution in [1.82, 2.24) is 19.7 Å². The number of aryl methyl sites for hydroxylation is 1. The predicted octanol–water partition coefficient (Wildman–Crippen LogP) is 3.84. The molecule has 3 aromatic rings. The zero-order chi connectivity index (χ0) is 15.0. The van der Waals surface area contributed by atoms with Gasteiger partial charge in [0.15, 0.2) is 5.65 Å². The molecule has 0 saturated carbocycles. The molecular formula is C14H13Cl2N5. The monoisotopic (exact) mass is 321 g/mol. The van der Waals surface area contributed by atoms with Crippen LogP contribution in [-0.2, 0) is 7.05 Å². The first kappa shape index (κ1) is 14.1. The van der Waals surface area contributed by atoms with Gasteiger partial charge in [-0.15, -0.1) is 0 Å². The molecule has 0 spiro atoms. The third-order valence-corrected chi connectivity index (χ3v) is 3.87. The maximum atomic E-state index is 6.24. The van der Waals surface area contributed by atoms with Gasteiger partial charge in [-0.3, -0.25) is 4.68 Å². The van der Waals surface area contributed by atoms with Crippen LogP contribution in [0.1, 0.15) is 18.5 Å². The molecule has 0 aliphatic heterocycles. The average Bonchev–Trinajstić information content (AvgIpc) is 2.81. The maximum Gasteiger partial charge on any atom is 0.163 e. The van der Waals surface area contributed by atoms with Gasteiger partial charge in [0, 0.05) is 17.1 Å². The molecule has 0 aliphatic rings. The molecule has 0 bridgehead atoms. The molecule has 0 unspecified atom stereocenters. The van der Waals surface area contributed by atoms with Crippen molar-refractivity contribution < 1.29 is 0 Å². The van der Waals surface area contributed by atoms with Crippen molar-refractivity contribution in [3.05, 3.63) is 46.3 Å². The van der Waals surface area contributed by atoms with E-state index in [0.717, 1.165) is 22.4 Å². The minimum atomic E-state index is -0.0203. The summed E-state index contributed by atoms with van der Waals surface area (Å²) in [6, 6.07) is 5.44. The maximum absolute atomic E-state index is 6.24. The van der Waals surface area contributed by atoms with Crippen LogP contribution in [0.3, 0.4) is 0 Å². The molecular weight excluding hydrogens is 309 g/mol. The summed E-state index contributed by atoms with van der Waals surface area (Å²) >= 11 is 12.2. The lowest BCUT2D eigenvalue weighted by Crippen LogP contribution is -2.09. The lowest BCUT2D eigenvalue weighted by Gasteiger charge is -2.16. The topological polar surface area (TPSA) is 55.6 Å². The summed E-state index contributed by atoms with van der Waals surface area (Å²) in [5.41, 5.74) is 1.73. The van der Waals surface area contributed by atoms with E-state index >= 15 is 0 Å². The van der Waals surface area contributed by atoms with Crippen molar-refractivity contribution in [3.63, 3.8) is 0 Å². The number of hydrogen-bond donors (Lipinski definition) is 1. The van der Waals surface area contributed by atoms with Gasteiger partial charge in [0.1, 0.15) is 12.1 Å². The van der Waals surface area contributed by atoms with Crippen LogP contribution in [0.15, 0.2) is 30.7 Å². The van der Waals surface area contributed by atoms with E-state index in [1.165, 1.54) is 6.33 Å². The second-order valence-electron chi connectivity index (χ2n) is 4.76. The number of benzene rings is 1. The molecule has 1 aromatic carbocycles. The van der Waals surface area contributed by atoms with Crippen LogP contribution in [0, 0.1) is 0 Å². The molecule has 1 N–H and O–H groups in total. The Labute approximate surface area is 131 Å². The summed E-state index contributed by atoms with van der Waals surface area (Å²) in [7, 11) is 1.85. The Morgan fingerprint density at radius 1 is 1.24 bits per heavy atom. The molecule has 1 atom stereocenters. The Morgan fingerprint density at radius 2 is 2.05 bits per heavy atom. The van der Waals surface area contributed by atoms with Gasteiger partial charge < -0.3 is 5.32 Å². The average molecular weight is 322 g/mol. The molecule has 5 nitrogen and oxygen atoms in total. The summed E-state index contributed by atoms with van der Waals surface area (Å²) in [6.45, 7) is 2.01. The zero-order valence-corrected chi connectivity index (χ0v) is 13.0. The number of anilines is 1. The molecule has 21 heavy (non-hydrogen) atoms. The molecule has 7 heteroatoms. The van der Waals surface area contributed by atoms with Crippen molar-refractivity contribution in [2.24, 2.45) is 7.05 Å². The van der Waals surface area contributed by atoms with Gasteiger partial charge >= 0.3 is 0 Å². The van der Waals surface area contributed by atoms with E-state index < -0.39 is 0 Å². The highest BCUT2D eigenvalue weighted by Crippen LogP contribution is 2.29. The van der Waals surface area contributed by atoms with Crippen LogP contribution in [0.25, 0.3) is 11.0 Å². The summed E-state index contributed by atoms with van der Waals surface area (Å²) in [5.74, 6) is 0.728. The minimum Gasteiger partial charge on any atom is -0.363 e. The third kappa shape index (κ3) is 2.66. The Morgan fingerprint density at radius 3 is 2.81 bits per heavy atom. The van der Waals surface area contributed by atoms with Crippen molar-refractivity contribution in [1.29, 1.82) is 0 Å². The zero-order valence-electron chi connectivity index (χ0n) is 11.5. The van der Waals surface area contributed by atoms with Crippen molar-refractivity contribution >= 4 is 40.1 Å². The lowest BCUT2D eigenvalue weighted by molar-refractivity contribution is 0.785.